The highest BCUT2D eigenvalue weighted by Gasteiger charge is 2.05. The van der Waals surface area contributed by atoms with Crippen molar-refractivity contribution in [2.75, 3.05) is 6.61 Å². The zero-order valence-electron chi connectivity index (χ0n) is 8.16. The molecule has 0 aliphatic rings. The van der Waals surface area contributed by atoms with Crippen LogP contribution in [0.25, 0.3) is 0 Å². The second-order valence-electron chi connectivity index (χ2n) is 2.80. The number of rotatable bonds is 3. The first-order valence-electron chi connectivity index (χ1n) is 4.34. The van der Waals surface area contributed by atoms with Gasteiger partial charge in [-0.15, -0.1) is 0 Å². The molecule has 0 bridgehead atoms. The summed E-state index contributed by atoms with van der Waals surface area (Å²) in [6, 6.07) is 0. The van der Waals surface area contributed by atoms with Gasteiger partial charge in [-0.25, -0.2) is 4.98 Å². The standard InChI is InChI=1S/C9H12N2O2S/c1-3-13-8(12)4-7-5-10-6(2)11-9(7)14/h5H,3-4H2,1-2H3,(H,10,11,14). The molecule has 1 heterocycles. The molecule has 1 rings (SSSR count). The predicted molar refractivity (Wildman–Crippen MR) is 54.5 cm³/mol. The quantitative estimate of drug-likeness (QED) is 0.610. The maximum Gasteiger partial charge on any atom is 0.310 e. The van der Waals surface area contributed by atoms with E-state index < -0.39 is 0 Å². The molecule has 0 radical (unpaired) electrons. The van der Waals surface area contributed by atoms with Crippen LogP contribution in [-0.2, 0) is 16.0 Å². The molecule has 0 amide bonds. The molecule has 0 unspecified atom stereocenters. The summed E-state index contributed by atoms with van der Waals surface area (Å²) in [6.45, 7) is 3.96. The number of hydrogen-bond donors (Lipinski definition) is 1. The molecule has 0 spiro atoms. The Morgan fingerprint density at radius 3 is 3.00 bits per heavy atom. The summed E-state index contributed by atoms with van der Waals surface area (Å²) < 4.78 is 5.35. The number of carbonyl (C=O) groups is 1. The Morgan fingerprint density at radius 1 is 1.71 bits per heavy atom. The van der Waals surface area contributed by atoms with Crippen LogP contribution in [-0.4, -0.2) is 22.5 Å². The minimum Gasteiger partial charge on any atom is -0.466 e. The molecule has 0 aromatic carbocycles. The SMILES string of the molecule is CCOC(=O)Cc1cnc(C)[nH]c1=S. The van der Waals surface area contributed by atoms with Crippen molar-refractivity contribution in [3.05, 3.63) is 22.2 Å². The Kier molecular flexibility index (Phi) is 3.76. The van der Waals surface area contributed by atoms with Gasteiger partial charge in [-0.05, 0) is 13.8 Å². The van der Waals surface area contributed by atoms with Gasteiger partial charge in [0.15, 0.2) is 0 Å². The Labute approximate surface area is 87.3 Å². The topological polar surface area (TPSA) is 55.0 Å². The number of esters is 1. The Hall–Kier alpha value is -1.23. The smallest absolute Gasteiger partial charge is 0.310 e. The van der Waals surface area contributed by atoms with Crippen LogP contribution in [0.3, 0.4) is 0 Å². The fraction of sp³-hybridized carbons (Fsp3) is 0.444. The van der Waals surface area contributed by atoms with E-state index in [0.717, 1.165) is 5.82 Å². The van der Waals surface area contributed by atoms with E-state index >= 15 is 0 Å². The summed E-state index contributed by atoms with van der Waals surface area (Å²) in [7, 11) is 0. The third-order valence-corrected chi connectivity index (χ3v) is 2.00. The van der Waals surface area contributed by atoms with Gasteiger partial charge in [0, 0.05) is 11.8 Å². The van der Waals surface area contributed by atoms with Gasteiger partial charge in [-0.2, -0.15) is 0 Å². The molecule has 0 saturated heterocycles. The minimum atomic E-state index is -0.280. The molecule has 76 valence electrons. The number of hydrogen-bond acceptors (Lipinski definition) is 4. The van der Waals surface area contributed by atoms with Gasteiger partial charge in [0.25, 0.3) is 0 Å². The van der Waals surface area contributed by atoms with Crippen molar-refractivity contribution in [3.63, 3.8) is 0 Å². The molecule has 14 heavy (non-hydrogen) atoms. The van der Waals surface area contributed by atoms with Crippen LogP contribution in [0.1, 0.15) is 18.3 Å². The summed E-state index contributed by atoms with van der Waals surface area (Å²) in [5.74, 6) is 0.459. The molecule has 0 atom stereocenters. The normalized spacial score (nSPS) is 9.86. The first-order valence-corrected chi connectivity index (χ1v) is 4.74. The first kappa shape index (κ1) is 10.8. The lowest BCUT2D eigenvalue weighted by Gasteiger charge is -2.02. The molecule has 1 aromatic rings. The van der Waals surface area contributed by atoms with E-state index in [1.165, 1.54) is 0 Å². The molecule has 4 nitrogen and oxygen atoms in total. The van der Waals surface area contributed by atoms with Crippen molar-refractivity contribution in [1.29, 1.82) is 0 Å². The first-order chi connectivity index (χ1) is 6.63. The highest BCUT2D eigenvalue weighted by atomic mass is 32.1. The summed E-state index contributed by atoms with van der Waals surface area (Å²) >= 11 is 5.04. The number of carbonyl (C=O) groups excluding carboxylic acids is 1. The number of nitrogens with one attached hydrogen (secondary N) is 1. The fourth-order valence-electron chi connectivity index (χ4n) is 1.00. The molecule has 1 aromatic heterocycles. The molecule has 5 heteroatoms. The number of nitrogens with zero attached hydrogens (tertiary/aromatic N) is 1. The van der Waals surface area contributed by atoms with Crippen molar-refractivity contribution in [1.82, 2.24) is 9.97 Å². The van der Waals surface area contributed by atoms with Crippen LogP contribution in [0.5, 0.6) is 0 Å². The van der Waals surface area contributed by atoms with Crippen molar-refractivity contribution in [2.24, 2.45) is 0 Å². The maximum atomic E-state index is 11.1. The summed E-state index contributed by atoms with van der Waals surface area (Å²) in [5.41, 5.74) is 0.698. The number of ether oxygens (including phenoxy) is 1. The largest absolute Gasteiger partial charge is 0.466 e. The van der Waals surface area contributed by atoms with Crippen LogP contribution < -0.4 is 0 Å². The van der Waals surface area contributed by atoms with Crippen LogP contribution in [0.2, 0.25) is 0 Å². The lowest BCUT2D eigenvalue weighted by molar-refractivity contribution is -0.142. The van der Waals surface area contributed by atoms with Crippen molar-refractivity contribution in [2.45, 2.75) is 20.3 Å². The van der Waals surface area contributed by atoms with Gasteiger partial charge in [0.05, 0.1) is 13.0 Å². The van der Waals surface area contributed by atoms with E-state index in [0.29, 0.717) is 16.8 Å². The second kappa shape index (κ2) is 4.85. The van der Waals surface area contributed by atoms with E-state index in [4.69, 9.17) is 17.0 Å². The van der Waals surface area contributed by atoms with Crippen molar-refractivity contribution in [3.8, 4) is 0 Å². The number of aryl methyl sites for hydroxylation is 1. The van der Waals surface area contributed by atoms with E-state index in [9.17, 15) is 4.79 Å². The van der Waals surface area contributed by atoms with E-state index in [1.807, 2.05) is 6.92 Å². The second-order valence-corrected chi connectivity index (χ2v) is 3.21. The summed E-state index contributed by atoms with van der Waals surface area (Å²) in [5, 5.41) is 0. The Balaban J connectivity index is 2.77. The molecule has 0 fully saturated rings. The third kappa shape index (κ3) is 2.92. The van der Waals surface area contributed by atoms with Gasteiger partial charge < -0.3 is 9.72 Å². The average molecular weight is 212 g/mol. The third-order valence-electron chi connectivity index (χ3n) is 1.64. The molecule has 0 aliphatic heterocycles. The van der Waals surface area contributed by atoms with Gasteiger partial charge in [-0.1, -0.05) is 12.2 Å². The van der Waals surface area contributed by atoms with E-state index in [-0.39, 0.29) is 12.4 Å². The van der Waals surface area contributed by atoms with Crippen molar-refractivity contribution >= 4 is 18.2 Å². The molecular formula is C9H12N2O2S. The summed E-state index contributed by atoms with van der Waals surface area (Å²) in [6.07, 6.45) is 1.78. The average Bonchev–Trinajstić information content (AvgIpc) is 2.10. The maximum absolute atomic E-state index is 11.1. The van der Waals surface area contributed by atoms with E-state index in [2.05, 4.69) is 9.97 Å². The summed E-state index contributed by atoms with van der Waals surface area (Å²) in [4.78, 5) is 18.0. The van der Waals surface area contributed by atoms with Gasteiger partial charge in [-0.3, -0.25) is 4.79 Å². The van der Waals surface area contributed by atoms with Gasteiger partial charge in [0.1, 0.15) is 10.5 Å². The van der Waals surface area contributed by atoms with Gasteiger partial charge >= 0.3 is 5.97 Å². The molecule has 0 saturated carbocycles. The number of aromatic amines is 1. The monoisotopic (exact) mass is 212 g/mol. The Bertz CT molecular complexity index is 387. The number of H-pyrrole nitrogens is 1. The lowest BCUT2D eigenvalue weighted by atomic mass is 10.2. The predicted octanol–water partition coefficient (Wildman–Crippen LogP) is 1.55. The van der Waals surface area contributed by atoms with Crippen LogP contribution >= 0.6 is 12.2 Å². The zero-order chi connectivity index (χ0) is 10.6. The van der Waals surface area contributed by atoms with Crippen LogP contribution in [0, 0.1) is 11.6 Å². The highest BCUT2D eigenvalue weighted by Crippen LogP contribution is 2.01. The minimum absolute atomic E-state index is 0.177. The zero-order valence-corrected chi connectivity index (χ0v) is 8.98. The molecule has 1 N–H and O–H groups in total. The number of aromatic nitrogens is 2. The lowest BCUT2D eigenvalue weighted by Crippen LogP contribution is -2.08. The molecular weight excluding hydrogens is 200 g/mol. The van der Waals surface area contributed by atoms with Crippen LogP contribution in [0.15, 0.2) is 6.20 Å². The van der Waals surface area contributed by atoms with Crippen molar-refractivity contribution < 1.29 is 9.53 Å². The van der Waals surface area contributed by atoms with Crippen LogP contribution in [0.4, 0.5) is 0 Å². The highest BCUT2D eigenvalue weighted by molar-refractivity contribution is 7.71. The fourth-order valence-corrected chi connectivity index (χ4v) is 1.28. The van der Waals surface area contributed by atoms with E-state index in [1.54, 1.807) is 13.1 Å². The van der Waals surface area contributed by atoms with Gasteiger partial charge in [0.2, 0.25) is 0 Å². The Morgan fingerprint density at radius 2 is 2.43 bits per heavy atom. The molecule has 0 aliphatic carbocycles.